The van der Waals surface area contributed by atoms with Crippen molar-refractivity contribution in [2.45, 2.75) is 45.8 Å². The van der Waals surface area contributed by atoms with Crippen LogP contribution in [0.25, 0.3) is 0 Å². The van der Waals surface area contributed by atoms with Gasteiger partial charge in [-0.2, -0.15) is 4.99 Å². The van der Waals surface area contributed by atoms with Crippen LogP contribution in [0, 0.1) is 0 Å². The lowest BCUT2D eigenvalue weighted by Gasteiger charge is -2.21. The van der Waals surface area contributed by atoms with Crippen LogP contribution in [0.4, 0.5) is 10.5 Å². The van der Waals surface area contributed by atoms with E-state index in [2.05, 4.69) is 10.3 Å². The molecule has 0 aliphatic carbocycles. The predicted molar refractivity (Wildman–Crippen MR) is 77.4 cm³/mol. The Morgan fingerprint density at radius 1 is 1.25 bits per heavy atom. The van der Waals surface area contributed by atoms with Crippen molar-refractivity contribution in [3.05, 3.63) is 29.8 Å². The molecule has 0 saturated carbocycles. The fourth-order valence-corrected chi connectivity index (χ4v) is 1.58. The highest BCUT2D eigenvalue weighted by Crippen LogP contribution is 2.26. The Morgan fingerprint density at radius 2 is 1.90 bits per heavy atom. The molecule has 1 N–H and O–H groups in total. The topological polar surface area (TPSA) is 67.8 Å². The maximum Gasteiger partial charge on any atom is 0.412 e. The van der Waals surface area contributed by atoms with E-state index in [1.165, 1.54) is 0 Å². The summed E-state index contributed by atoms with van der Waals surface area (Å²) in [4.78, 5) is 25.9. The van der Waals surface area contributed by atoms with Gasteiger partial charge in [0.15, 0.2) is 0 Å². The van der Waals surface area contributed by atoms with Crippen molar-refractivity contribution in [2.75, 3.05) is 5.32 Å². The molecule has 1 amide bonds. The van der Waals surface area contributed by atoms with Crippen molar-refractivity contribution in [1.29, 1.82) is 0 Å². The number of benzene rings is 1. The van der Waals surface area contributed by atoms with Crippen LogP contribution >= 0.6 is 0 Å². The Bertz CT molecular complexity index is 538. The first-order valence-corrected chi connectivity index (χ1v) is 6.34. The third-order valence-corrected chi connectivity index (χ3v) is 2.54. The van der Waals surface area contributed by atoms with Crippen molar-refractivity contribution in [3.8, 4) is 0 Å². The summed E-state index contributed by atoms with van der Waals surface area (Å²) < 4.78 is 5.18. The number of amides is 1. The molecular weight excluding hydrogens is 256 g/mol. The second-order valence-corrected chi connectivity index (χ2v) is 5.97. The summed E-state index contributed by atoms with van der Waals surface area (Å²) in [5.41, 5.74) is 0.149. The lowest BCUT2D eigenvalue weighted by Crippen LogP contribution is -2.27. The van der Waals surface area contributed by atoms with Crippen molar-refractivity contribution >= 4 is 17.9 Å². The highest BCUT2D eigenvalue weighted by atomic mass is 16.6. The molecule has 0 aliphatic heterocycles. The second kappa shape index (κ2) is 5.88. The van der Waals surface area contributed by atoms with Crippen LogP contribution in [0.2, 0.25) is 0 Å². The van der Waals surface area contributed by atoms with E-state index in [4.69, 9.17) is 4.74 Å². The minimum Gasteiger partial charge on any atom is -0.444 e. The quantitative estimate of drug-likeness (QED) is 0.677. The fourth-order valence-electron chi connectivity index (χ4n) is 1.58. The van der Waals surface area contributed by atoms with Gasteiger partial charge in [-0.3, -0.25) is 5.32 Å². The maximum atomic E-state index is 11.7. The van der Waals surface area contributed by atoms with Crippen LogP contribution in [0.5, 0.6) is 0 Å². The third kappa shape index (κ3) is 4.86. The Kier molecular flexibility index (Phi) is 4.69. The molecule has 0 unspecified atom stereocenters. The Morgan fingerprint density at radius 3 is 2.45 bits per heavy atom. The summed E-state index contributed by atoms with van der Waals surface area (Å²) in [6, 6.07) is 7.12. The van der Waals surface area contributed by atoms with Crippen LogP contribution < -0.4 is 5.32 Å². The van der Waals surface area contributed by atoms with Gasteiger partial charge in [-0.05, 0) is 52.3 Å². The molecule has 1 aromatic rings. The van der Waals surface area contributed by atoms with Crippen molar-refractivity contribution in [2.24, 2.45) is 4.99 Å². The number of nitrogens with one attached hydrogen (secondary N) is 1. The SMILES string of the molecule is CC(C)(C)OC(=O)Nc1cccc(C(C)(C)N=C=O)c1. The van der Waals surface area contributed by atoms with E-state index in [0.29, 0.717) is 5.69 Å². The van der Waals surface area contributed by atoms with Gasteiger partial charge in [0.2, 0.25) is 6.08 Å². The zero-order valence-electron chi connectivity index (χ0n) is 12.5. The number of aliphatic imine (C=N–C) groups is 1. The summed E-state index contributed by atoms with van der Waals surface area (Å²) >= 11 is 0. The number of carbonyl (C=O) groups is 1. The molecule has 0 atom stereocenters. The number of carbonyl (C=O) groups excluding carboxylic acids is 2. The van der Waals surface area contributed by atoms with Gasteiger partial charge in [-0.25, -0.2) is 9.59 Å². The van der Waals surface area contributed by atoms with Gasteiger partial charge in [0.05, 0.1) is 5.54 Å². The number of ether oxygens (including phenoxy) is 1. The molecule has 0 saturated heterocycles. The number of isocyanates is 1. The normalized spacial score (nSPS) is 11.4. The minimum atomic E-state index is -0.687. The number of anilines is 1. The largest absolute Gasteiger partial charge is 0.444 e. The summed E-state index contributed by atoms with van der Waals surface area (Å²) in [5, 5.41) is 2.65. The molecule has 0 fully saturated rings. The zero-order valence-corrected chi connectivity index (χ0v) is 12.5. The molecule has 108 valence electrons. The van der Waals surface area contributed by atoms with Crippen LogP contribution in [0.3, 0.4) is 0 Å². The molecule has 0 aliphatic rings. The first kappa shape index (κ1) is 15.9. The third-order valence-electron chi connectivity index (χ3n) is 2.54. The maximum absolute atomic E-state index is 11.7. The monoisotopic (exact) mass is 276 g/mol. The molecule has 20 heavy (non-hydrogen) atoms. The van der Waals surface area contributed by atoms with Gasteiger partial charge in [-0.1, -0.05) is 12.1 Å². The van der Waals surface area contributed by atoms with Crippen molar-refractivity contribution < 1.29 is 14.3 Å². The Labute approximate surface area is 119 Å². The highest BCUT2D eigenvalue weighted by molar-refractivity contribution is 5.85. The summed E-state index contributed by atoms with van der Waals surface area (Å²) in [7, 11) is 0. The van der Waals surface area contributed by atoms with E-state index in [1.807, 2.05) is 6.07 Å². The lowest BCUT2D eigenvalue weighted by molar-refractivity contribution is 0.0636. The molecule has 0 bridgehead atoms. The number of nitrogens with zero attached hydrogens (tertiary/aromatic N) is 1. The van der Waals surface area contributed by atoms with E-state index < -0.39 is 17.2 Å². The van der Waals surface area contributed by atoms with Crippen LogP contribution in [0.15, 0.2) is 29.3 Å². The molecular formula is C15H20N2O3. The predicted octanol–water partition coefficient (Wildman–Crippen LogP) is 3.60. The van der Waals surface area contributed by atoms with Crippen LogP contribution in [-0.2, 0) is 15.1 Å². The first-order chi connectivity index (χ1) is 9.14. The molecule has 1 rings (SSSR count). The van der Waals surface area contributed by atoms with Gasteiger partial charge < -0.3 is 4.74 Å². The molecule has 5 heteroatoms. The van der Waals surface area contributed by atoms with Gasteiger partial charge >= 0.3 is 6.09 Å². The highest BCUT2D eigenvalue weighted by Gasteiger charge is 2.20. The second-order valence-electron chi connectivity index (χ2n) is 5.97. The number of rotatable bonds is 3. The van der Waals surface area contributed by atoms with Crippen LogP contribution in [-0.4, -0.2) is 17.8 Å². The average Bonchev–Trinajstić information content (AvgIpc) is 2.26. The van der Waals surface area contributed by atoms with Crippen molar-refractivity contribution in [3.63, 3.8) is 0 Å². The standard InChI is InChI=1S/C15H20N2O3/c1-14(2,3)20-13(19)17-12-8-6-7-11(9-12)15(4,5)16-10-18/h6-9H,1-5H3,(H,17,19). The lowest BCUT2D eigenvalue weighted by atomic mass is 9.95. The van der Waals surface area contributed by atoms with E-state index in [9.17, 15) is 9.59 Å². The smallest absolute Gasteiger partial charge is 0.412 e. The fraction of sp³-hybridized carbons (Fsp3) is 0.467. The average molecular weight is 276 g/mol. The molecule has 0 heterocycles. The van der Waals surface area contributed by atoms with Crippen molar-refractivity contribution in [1.82, 2.24) is 0 Å². The molecule has 0 aromatic heterocycles. The molecule has 0 spiro atoms. The summed E-state index contributed by atoms with van der Waals surface area (Å²) in [6.07, 6.45) is 1.04. The van der Waals surface area contributed by atoms with E-state index in [1.54, 1.807) is 58.9 Å². The minimum absolute atomic E-state index is 0.522. The zero-order chi connectivity index (χ0) is 15.4. The molecule has 5 nitrogen and oxygen atoms in total. The summed E-state index contributed by atoms with van der Waals surface area (Å²) in [6.45, 7) is 8.98. The van der Waals surface area contributed by atoms with Gasteiger partial charge in [0.1, 0.15) is 5.60 Å². The number of hydrogen-bond donors (Lipinski definition) is 1. The first-order valence-electron chi connectivity index (χ1n) is 6.34. The Hall–Kier alpha value is -2.13. The van der Waals surface area contributed by atoms with Gasteiger partial charge in [-0.15, -0.1) is 0 Å². The molecule has 1 aromatic carbocycles. The summed E-state index contributed by atoms with van der Waals surface area (Å²) in [5.74, 6) is 0. The van der Waals surface area contributed by atoms with E-state index >= 15 is 0 Å². The Balaban J connectivity index is 2.89. The van der Waals surface area contributed by atoms with Gasteiger partial charge in [0.25, 0.3) is 0 Å². The molecule has 0 radical (unpaired) electrons. The number of hydrogen-bond acceptors (Lipinski definition) is 4. The van der Waals surface area contributed by atoms with E-state index in [-0.39, 0.29) is 0 Å². The van der Waals surface area contributed by atoms with Crippen LogP contribution in [0.1, 0.15) is 40.2 Å². The van der Waals surface area contributed by atoms with Gasteiger partial charge in [0, 0.05) is 5.69 Å². The van der Waals surface area contributed by atoms with E-state index in [0.717, 1.165) is 5.56 Å².